The van der Waals surface area contributed by atoms with Gasteiger partial charge >= 0.3 is 0 Å². The van der Waals surface area contributed by atoms with Crippen molar-refractivity contribution in [2.75, 3.05) is 0 Å². The van der Waals surface area contributed by atoms with Crippen molar-refractivity contribution >= 4 is 40.7 Å². The van der Waals surface area contributed by atoms with Crippen LogP contribution in [0.5, 0.6) is 0 Å². The van der Waals surface area contributed by atoms with Crippen molar-refractivity contribution in [2.45, 2.75) is 23.7 Å². The molecule has 0 aliphatic carbocycles. The number of alkyl halides is 3. The van der Waals surface area contributed by atoms with Crippen LogP contribution in [0, 0.1) is 6.92 Å². The lowest BCUT2D eigenvalue weighted by molar-refractivity contribution is -0.120. The van der Waals surface area contributed by atoms with E-state index in [1.54, 1.807) is 0 Å². The van der Waals surface area contributed by atoms with Gasteiger partial charge in [0.2, 0.25) is 0 Å². The second-order valence-electron chi connectivity index (χ2n) is 3.60. The number of halogens is 3. The Balaban J connectivity index is 2.69. The highest BCUT2D eigenvalue weighted by Gasteiger charge is 2.31. The molecular weight excluding hydrogens is 268 g/mol. The highest BCUT2D eigenvalue weighted by molar-refractivity contribution is 6.76. The van der Waals surface area contributed by atoms with Crippen molar-refractivity contribution in [1.82, 2.24) is 5.32 Å². The molecule has 88 valence electrons. The Kier molecular flexibility index (Phi) is 4.48. The Morgan fingerprint density at radius 3 is 2.19 bits per heavy atom. The lowest BCUT2D eigenvalue weighted by Crippen LogP contribution is -2.36. The molecule has 1 amide bonds. The molecule has 1 N–H and O–H groups in total. The molecule has 5 heteroatoms. The SMILES string of the molecule is Cc1ccc(C(C)NC(=O)C(Cl)(Cl)Cl)cc1. The summed E-state index contributed by atoms with van der Waals surface area (Å²) in [6.07, 6.45) is 0. The molecule has 0 radical (unpaired) electrons. The van der Waals surface area contributed by atoms with E-state index in [1.807, 2.05) is 38.1 Å². The molecule has 0 fully saturated rings. The van der Waals surface area contributed by atoms with Crippen LogP contribution in [0.2, 0.25) is 0 Å². The minimum absolute atomic E-state index is 0.191. The minimum atomic E-state index is -1.92. The fraction of sp³-hybridized carbons (Fsp3) is 0.364. The van der Waals surface area contributed by atoms with Crippen LogP contribution in [-0.2, 0) is 4.79 Å². The number of carbonyl (C=O) groups is 1. The van der Waals surface area contributed by atoms with E-state index >= 15 is 0 Å². The van der Waals surface area contributed by atoms with Gasteiger partial charge < -0.3 is 5.32 Å². The first kappa shape index (κ1) is 13.6. The zero-order valence-electron chi connectivity index (χ0n) is 8.93. The van der Waals surface area contributed by atoms with E-state index in [2.05, 4.69) is 5.32 Å². The molecule has 1 aromatic rings. The molecule has 0 spiro atoms. The standard InChI is InChI=1S/C11H12Cl3NO/c1-7-3-5-9(6-4-7)8(2)15-10(16)11(12,13)14/h3-6,8H,1-2H3,(H,15,16). The number of amides is 1. The van der Waals surface area contributed by atoms with E-state index in [9.17, 15) is 4.79 Å². The summed E-state index contributed by atoms with van der Waals surface area (Å²) in [7, 11) is 0. The molecule has 0 heterocycles. The largest absolute Gasteiger partial charge is 0.346 e. The number of benzene rings is 1. The Labute approximate surface area is 110 Å². The number of rotatable bonds is 2. The van der Waals surface area contributed by atoms with Gasteiger partial charge in [-0.05, 0) is 19.4 Å². The topological polar surface area (TPSA) is 29.1 Å². The summed E-state index contributed by atoms with van der Waals surface area (Å²) < 4.78 is -1.92. The predicted molar refractivity (Wildman–Crippen MR) is 68.0 cm³/mol. The van der Waals surface area contributed by atoms with E-state index < -0.39 is 9.70 Å². The molecule has 2 nitrogen and oxygen atoms in total. The van der Waals surface area contributed by atoms with Crippen molar-refractivity contribution < 1.29 is 4.79 Å². The maximum absolute atomic E-state index is 11.4. The smallest absolute Gasteiger partial charge is 0.272 e. The quantitative estimate of drug-likeness (QED) is 0.825. The summed E-state index contributed by atoms with van der Waals surface area (Å²) in [5.74, 6) is -0.620. The highest BCUT2D eigenvalue weighted by atomic mass is 35.6. The monoisotopic (exact) mass is 279 g/mol. The molecule has 1 unspecified atom stereocenters. The third-order valence-corrected chi connectivity index (χ3v) is 2.70. The Hall–Kier alpha value is -0.440. The van der Waals surface area contributed by atoms with Crippen LogP contribution in [-0.4, -0.2) is 9.70 Å². The van der Waals surface area contributed by atoms with Gasteiger partial charge in [-0.15, -0.1) is 0 Å². The van der Waals surface area contributed by atoms with Crippen LogP contribution in [0.4, 0.5) is 0 Å². The summed E-state index contributed by atoms with van der Waals surface area (Å²) in [5.41, 5.74) is 2.12. The summed E-state index contributed by atoms with van der Waals surface area (Å²) in [6, 6.07) is 7.60. The van der Waals surface area contributed by atoms with Gasteiger partial charge in [0.05, 0.1) is 6.04 Å². The molecule has 0 aliphatic heterocycles. The maximum Gasteiger partial charge on any atom is 0.272 e. The molecule has 1 rings (SSSR count). The van der Waals surface area contributed by atoms with Crippen LogP contribution < -0.4 is 5.32 Å². The molecular formula is C11H12Cl3NO. The van der Waals surface area contributed by atoms with Gasteiger partial charge in [-0.25, -0.2) is 0 Å². The molecule has 0 saturated carbocycles. The third kappa shape index (κ3) is 3.85. The van der Waals surface area contributed by atoms with Gasteiger partial charge in [-0.3, -0.25) is 4.79 Å². The predicted octanol–water partition coefficient (Wildman–Crippen LogP) is 3.54. The van der Waals surface area contributed by atoms with Gasteiger partial charge in [0.1, 0.15) is 0 Å². The van der Waals surface area contributed by atoms with Crippen LogP contribution in [0.1, 0.15) is 24.1 Å². The van der Waals surface area contributed by atoms with Gasteiger partial charge in [0, 0.05) is 0 Å². The van der Waals surface area contributed by atoms with Crippen molar-refractivity contribution in [2.24, 2.45) is 0 Å². The second kappa shape index (κ2) is 5.26. The Morgan fingerprint density at radius 2 is 1.75 bits per heavy atom. The second-order valence-corrected chi connectivity index (χ2v) is 5.88. The van der Waals surface area contributed by atoms with Gasteiger partial charge in [-0.1, -0.05) is 64.6 Å². The molecule has 0 aromatic heterocycles. The van der Waals surface area contributed by atoms with E-state index in [0.717, 1.165) is 11.1 Å². The molecule has 0 bridgehead atoms. The maximum atomic E-state index is 11.4. The van der Waals surface area contributed by atoms with Gasteiger partial charge in [-0.2, -0.15) is 0 Å². The van der Waals surface area contributed by atoms with Gasteiger partial charge in [0.15, 0.2) is 0 Å². The Morgan fingerprint density at radius 1 is 1.25 bits per heavy atom. The van der Waals surface area contributed by atoms with Crippen molar-refractivity contribution in [3.8, 4) is 0 Å². The average Bonchev–Trinajstić information content (AvgIpc) is 2.17. The minimum Gasteiger partial charge on any atom is -0.346 e. The fourth-order valence-corrected chi connectivity index (χ4v) is 1.38. The normalized spacial score (nSPS) is 13.3. The number of hydrogen-bond donors (Lipinski definition) is 1. The highest BCUT2D eigenvalue weighted by Crippen LogP contribution is 2.27. The van der Waals surface area contributed by atoms with Crippen LogP contribution >= 0.6 is 34.8 Å². The first-order chi connectivity index (χ1) is 7.30. The average molecular weight is 281 g/mol. The van der Waals surface area contributed by atoms with E-state index in [4.69, 9.17) is 34.8 Å². The van der Waals surface area contributed by atoms with Crippen LogP contribution in [0.15, 0.2) is 24.3 Å². The molecule has 1 atom stereocenters. The van der Waals surface area contributed by atoms with Crippen molar-refractivity contribution in [1.29, 1.82) is 0 Å². The summed E-state index contributed by atoms with van der Waals surface area (Å²) in [4.78, 5) is 11.4. The summed E-state index contributed by atoms with van der Waals surface area (Å²) >= 11 is 16.4. The molecule has 0 saturated heterocycles. The van der Waals surface area contributed by atoms with Gasteiger partial charge in [0.25, 0.3) is 9.70 Å². The van der Waals surface area contributed by atoms with Crippen LogP contribution in [0.25, 0.3) is 0 Å². The Bertz CT molecular complexity index is 370. The summed E-state index contributed by atoms with van der Waals surface area (Å²) in [6.45, 7) is 3.83. The lowest BCUT2D eigenvalue weighted by Gasteiger charge is -2.17. The summed E-state index contributed by atoms with van der Waals surface area (Å²) in [5, 5.41) is 2.62. The lowest BCUT2D eigenvalue weighted by atomic mass is 10.1. The number of hydrogen-bond acceptors (Lipinski definition) is 1. The first-order valence-electron chi connectivity index (χ1n) is 4.75. The number of nitrogens with one attached hydrogen (secondary N) is 1. The third-order valence-electron chi connectivity index (χ3n) is 2.18. The van der Waals surface area contributed by atoms with Crippen molar-refractivity contribution in [3.05, 3.63) is 35.4 Å². The number of aryl methyl sites for hydroxylation is 1. The van der Waals surface area contributed by atoms with Crippen LogP contribution in [0.3, 0.4) is 0 Å². The number of carbonyl (C=O) groups excluding carboxylic acids is 1. The zero-order valence-corrected chi connectivity index (χ0v) is 11.2. The van der Waals surface area contributed by atoms with E-state index in [-0.39, 0.29) is 6.04 Å². The molecule has 1 aromatic carbocycles. The molecule has 0 aliphatic rings. The fourth-order valence-electron chi connectivity index (χ4n) is 1.22. The first-order valence-corrected chi connectivity index (χ1v) is 5.88. The van der Waals surface area contributed by atoms with E-state index in [0.29, 0.717) is 0 Å². The van der Waals surface area contributed by atoms with E-state index in [1.165, 1.54) is 0 Å². The molecule has 16 heavy (non-hydrogen) atoms. The zero-order chi connectivity index (χ0) is 12.3. The van der Waals surface area contributed by atoms with Crippen molar-refractivity contribution in [3.63, 3.8) is 0 Å².